The van der Waals surface area contributed by atoms with Gasteiger partial charge in [0.25, 0.3) is 5.56 Å². The van der Waals surface area contributed by atoms with E-state index in [1.54, 1.807) is 24.3 Å². The molecule has 3 N–H and O–H groups in total. The van der Waals surface area contributed by atoms with E-state index in [4.69, 9.17) is 9.47 Å². The van der Waals surface area contributed by atoms with Gasteiger partial charge in [0.15, 0.2) is 0 Å². The molecule has 2 amide bonds. The van der Waals surface area contributed by atoms with E-state index in [9.17, 15) is 23.9 Å². The van der Waals surface area contributed by atoms with Crippen LogP contribution < -0.4 is 16.2 Å². The van der Waals surface area contributed by atoms with Crippen molar-refractivity contribution in [3.8, 4) is 11.4 Å². The summed E-state index contributed by atoms with van der Waals surface area (Å²) in [6.45, 7) is 0.172. The van der Waals surface area contributed by atoms with Crippen LogP contribution in [0.25, 0.3) is 11.4 Å². The summed E-state index contributed by atoms with van der Waals surface area (Å²) in [6.07, 6.45) is -0.721. The Balaban J connectivity index is 1.39. The molecular formula is C32H30FN5O6. The highest BCUT2D eigenvalue weighted by Gasteiger charge is 2.30. The molecule has 11 nitrogen and oxygen atoms in total. The number of nitrogens with one attached hydrogen (secondary N) is 2. The van der Waals surface area contributed by atoms with Gasteiger partial charge < -0.3 is 19.9 Å². The Morgan fingerprint density at radius 3 is 2.34 bits per heavy atom. The molecule has 5 rings (SSSR count). The number of halogens is 1. The molecule has 44 heavy (non-hydrogen) atoms. The molecule has 226 valence electrons. The van der Waals surface area contributed by atoms with Crippen molar-refractivity contribution >= 4 is 23.6 Å². The molecule has 1 aliphatic rings. The number of carbonyl (C=O) groups excluding carboxylic acids is 2. The lowest BCUT2D eigenvalue weighted by atomic mass is 10.0. The Morgan fingerprint density at radius 2 is 1.68 bits per heavy atom. The molecule has 1 aliphatic heterocycles. The third-order valence-electron chi connectivity index (χ3n) is 6.79. The van der Waals surface area contributed by atoms with Crippen LogP contribution >= 0.6 is 0 Å². The monoisotopic (exact) mass is 599 g/mol. The number of amides is 2. The van der Waals surface area contributed by atoms with Gasteiger partial charge in [-0.25, -0.2) is 19.2 Å². The van der Waals surface area contributed by atoms with Crippen LogP contribution in [0.4, 0.5) is 14.9 Å². The van der Waals surface area contributed by atoms with Gasteiger partial charge in [-0.1, -0.05) is 60.7 Å². The number of anilines is 1. The largest absolute Gasteiger partial charge is 0.477 e. The molecule has 0 fully saturated rings. The van der Waals surface area contributed by atoms with Gasteiger partial charge in [0, 0.05) is 5.56 Å². The first kappa shape index (κ1) is 30.1. The van der Waals surface area contributed by atoms with Gasteiger partial charge in [-0.2, -0.15) is 0 Å². The number of aromatic nitrogens is 2. The third kappa shape index (κ3) is 7.72. The van der Waals surface area contributed by atoms with E-state index in [0.717, 1.165) is 21.9 Å². The Morgan fingerprint density at radius 1 is 1.00 bits per heavy atom. The molecule has 4 aromatic rings. The van der Waals surface area contributed by atoms with E-state index in [1.807, 2.05) is 36.4 Å². The SMILES string of the molecule is O=C(Cn1c(-c2ccc(F)cc2)ncc(NC(=O)OCc2ccccc2)c1=O)NC(Cc1ccccc1)C(O)C1=NCCO1. The lowest BCUT2D eigenvalue weighted by molar-refractivity contribution is -0.123. The van der Waals surface area contributed by atoms with Crippen LogP contribution in [0, 0.1) is 5.82 Å². The van der Waals surface area contributed by atoms with Crippen molar-refractivity contribution in [2.75, 3.05) is 18.5 Å². The number of aliphatic imine (C=N–C) groups is 1. The summed E-state index contributed by atoms with van der Waals surface area (Å²) in [5.41, 5.74) is 0.999. The predicted octanol–water partition coefficient (Wildman–Crippen LogP) is 3.32. The maximum atomic E-state index is 13.7. The summed E-state index contributed by atoms with van der Waals surface area (Å²) in [4.78, 5) is 48.1. The van der Waals surface area contributed by atoms with Crippen LogP contribution in [0.2, 0.25) is 0 Å². The van der Waals surface area contributed by atoms with Gasteiger partial charge in [-0.3, -0.25) is 19.5 Å². The summed E-state index contributed by atoms with van der Waals surface area (Å²) in [6, 6.07) is 22.7. The molecule has 3 aromatic carbocycles. The van der Waals surface area contributed by atoms with Crippen LogP contribution in [0.15, 0.2) is 101 Å². The number of nitrogens with zero attached hydrogens (tertiary/aromatic N) is 3. The van der Waals surface area contributed by atoms with E-state index in [2.05, 4.69) is 20.6 Å². The molecule has 2 unspecified atom stereocenters. The fraction of sp³-hybridized carbons (Fsp3) is 0.219. The van der Waals surface area contributed by atoms with E-state index in [-0.39, 0.29) is 30.4 Å². The highest BCUT2D eigenvalue weighted by atomic mass is 19.1. The average molecular weight is 600 g/mol. The Hall–Kier alpha value is -5.36. The molecule has 0 spiro atoms. The first-order chi connectivity index (χ1) is 21.4. The fourth-order valence-corrected chi connectivity index (χ4v) is 4.63. The van der Waals surface area contributed by atoms with E-state index in [1.165, 1.54) is 24.3 Å². The maximum Gasteiger partial charge on any atom is 0.412 e. The Kier molecular flexibility index (Phi) is 9.72. The van der Waals surface area contributed by atoms with E-state index >= 15 is 0 Å². The van der Waals surface area contributed by atoms with Gasteiger partial charge >= 0.3 is 6.09 Å². The van der Waals surface area contributed by atoms with Gasteiger partial charge in [-0.15, -0.1) is 0 Å². The van der Waals surface area contributed by atoms with Crippen molar-refractivity contribution < 1.29 is 28.6 Å². The second kappa shape index (κ2) is 14.2. The molecule has 0 saturated heterocycles. The smallest absolute Gasteiger partial charge is 0.412 e. The van der Waals surface area contributed by atoms with Crippen molar-refractivity contribution in [2.45, 2.75) is 31.7 Å². The second-order valence-electron chi connectivity index (χ2n) is 9.96. The van der Waals surface area contributed by atoms with Crippen molar-refractivity contribution in [3.63, 3.8) is 0 Å². The van der Waals surface area contributed by atoms with Crippen LogP contribution in [0.3, 0.4) is 0 Å². The van der Waals surface area contributed by atoms with Gasteiger partial charge in [0.2, 0.25) is 11.8 Å². The van der Waals surface area contributed by atoms with Crippen molar-refractivity contribution in [1.82, 2.24) is 14.9 Å². The molecule has 0 radical (unpaired) electrons. The van der Waals surface area contributed by atoms with Crippen LogP contribution in [0.5, 0.6) is 0 Å². The summed E-state index contributed by atoms with van der Waals surface area (Å²) in [5.74, 6) is -0.927. The highest BCUT2D eigenvalue weighted by molar-refractivity contribution is 5.85. The number of hydrogen-bond donors (Lipinski definition) is 3. The van der Waals surface area contributed by atoms with Crippen LogP contribution in [-0.2, 0) is 33.8 Å². The lowest BCUT2D eigenvalue weighted by Crippen LogP contribution is -2.50. The van der Waals surface area contributed by atoms with Gasteiger partial charge in [0.1, 0.15) is 43.2 Å². The third-order valence-corrected chi connectivity index (χ3v) is 6.79. The van der Waals surface area contributed by atoms with Crippen molar-refractivity contribution in [1.29, 1.82) is 0 Å². The predicted molar refractivity (Wildman–Crippen MR) is 160 cm³/mol. The molecule has 12 heteroatoms. The molecular weight excluding hydrogens is 569 g/mol. The summed E-state index contributed by atoms with van der Waals surface area (Å²) < 4.78 is 25.4. The number of aliphatic hydroxyl groups excluding tert-OH is 1. The minimum atomic E-state index is -1.24. The van der Waals surface area contributed by atoms with Crippen molar-refractivity contribution in [2.24, 2.45) is 4.99 Å². The van der Waals surface area contributed by atoms with Crippen LogP contribution in [-0.4, -0.2) is 57.9 Å². The molecule has 0 saturated carbocycles. The standard InChI is InChI=1S/C32H30FN5O6/c33-24-13-11-23(12-14-24)29-35-18-26(37-32(42)44-20-22-9-5-2-6-10-22)31(41)38(29)19-27(39)36-25(17-21-7-3-1-4-8-21)28(40)30-34-15-16-43-30/h1-14,18,25,28,40H,15-17,19-20H2,(H,36,39)(H,37,42). The minimum absolute atomic E-state index is 0.0233. The zero-order chi connectivity index (χ0) is 30.9. The van der Waals surface area contributed by atoms with E-state index < -0.39 is 42.1 Å². The highest BCUT2D eigenvalue weighted by Crippen LogP contribution is 2.18. The minimum Gasteiger partial charge on any atom is -0.477 e. The fourth-order valence-electron chi connectivity index (χ4n) is 4.63. The number of aliphatic hydroxyl groups is 1. The first-order valence-electron chi connectivity index (χ1n) is 13.9. The second-order valence-corrected chi connectivity index (χ2v) is 9.96. The topological polar surface area (TPSA) is 144 Å². The average Bonchev–Trinajstić information content (AvgIpc) is 3.58. The molecule has 1 aromatic heterocycles. The summed E-state index contributed by atoms with van der Waals surface area (Å²) in [7, 11) is 0. The van der Waals surface area contributed by atoms with Crippen LogP contribution in [0.1, 0.15) is 11.1 Å². The Bertz CT molecular complexity index is 1680. The number of benzene rings is 3. The normalized spacial score (nSPS) is 13.7. The first-order valence-corrected chi connectivity index (χ1v) is 13.9. The molecule has 0 aliphatic carbocycles. The maximum absolute atomic E-state index is 13.7. The van der Waals surface area contributed by atoms with Gasteiger partial charge in [0.05, 0.1) is 18.8 Å². The zero-order valence-corrected chi connectivity index (χ0v) is 23.6. The number of carbonyl (C=O) groups is 2. The zero-order valence-electron chi connectivity index (χ0n) is 23.6. The van der Waals surface area contributed by atoms with Crippen molar-refractivity contribution in [3.05, 3.63) is 118 Å². The summed E-state index contributed by atoms with van der Waals surface area (Å²) >= 11 is 0. The molecule has 2 heterocycles. The lowest BCUT2D eigenvalue weighted by Gasteiger charge is -2.24. The number of ether oxygens (including phenoxy) is 2. The van der Waals surface area contributed by atoms with Gasteiger partial charge in [-0.05, 0) is 41.8 Å². The number of rotatable bonds is 11. The quantitative estimate of drug-likeness (QED) is 0.240. The number of hydrogen-bond acceptors (Lipinski definition) is 8. The summed E-state index contributed by atoms with van der Waals surface area (Å²) in [5, 5.41) is 16.2. The molecule has 0 bridgehead atoms. The Labute approximate surface area is 252 Å². The molecule has 2 atom stereocenters. The van der Waals surface area contributed by atoms with E-state index in [0.29, 0.717) is 18.7 Å².